The summed E-state index contributed by atoms with van der Waals surface area (Å²) in [5, 5.41) is 54.5. The molecule has 0 bridgehead atoms. The van der Waals surface area contributed by atoms with E-state index in [0.717, 1.165) is 39.3 Å². The van der Waals surface area contributed by atoms with Crippen LogP contribution in [0.5, 0.6) is 0 Å². The molecule has 0 unspecified atom stereocenters. The van der Waals surface area contributed by atoms with Gasteiger partial charge in [-0.3, -0.25) is 19.2 Å². The second kappa shape index (κ2) is 12.0. The molecule has 15 nitrogen and oxygen atoms in total. The Morgan fingerprint density at radius 2 is 1.21 bits per heavy atom. The second-order valence-corrected chi connectivity index (χ2v) is 12.4. The molecule has 15 heteroatoms. The monoisotopic (exact) mass is 596 g/mol. The lowest BCUT2D eigenvalue weighted by Crippen LogP contribution is -2.60. The predicted molar refractivity (Wildman–Crippen MR) is 144 cm³/mol. The van der Waals surface area contributed by atoms with E-state index in [4.69, 9.17) is 20.4 Å². The van der Waals surface area contributed by atoms with Crippen LogP contribution in [-0.2, 0) is 24.0 Å². The number of Topliss-reactive ketones (excluding diaryl/α,β-unsaturated/α-hetero) is 1. The third-order valence-corrected chi connectivity index (χ3v) is 7.39. The van der Waals surface area contributed by atoms with Gasteiger partial charge in [0, 0.05) is 56.4 Å². The van der Waals surface area contributed by atoms with Crippen LogP contribution in [0.2, 0.25) is 0 Å². The zero-order chi connectivity index (χ0) is 31.8. The average molecular weight is 597 g/mol. The molecular formula is C27H40N4O11. The Bertz CT molecular complexity index is 1160. The molecule has 0 saturated carbocycles. The molecule has 4 aliphatic heterocycles. The van der Waals surface area contributed by atoms with Gasteiger partial charge in [0.2, 0.25) is 11.6 Å². The predicted octanol–water partition coefficient (Wildman–Crippen LogP) is -0.678. The molecule has 0 amide bonds. The number of allylic oxidation sites excluding steroid dienone is 1. The number of ketones is 2. The van der Waals surface area contributed by atoms with Gasteiger partial charge in [-0.05, 0) is 40.5 Å². The maximum Gasteiger partial charge on any atom is 0.336 e. The number of rotatable bonds is 8. The summed E-state index contributed by atoms with van der Waals surface area (Å²) in [5.41, 5.74) is -1.49. The molecule has 0 aromatic rings. The molecule has 4 saturated heterocycles. The quantitative estimate of drug-likeness (QED) is 0.151. The van der Waals surface area contributed by atoms with Crippen LogP contribution in [-0.4, -0.2) is 142 Å². The summed E-state index contributed by atoms with van der Waals surface area (Å²) < 4.78 is 0. The van der Waals surface area contributed by atoms with E-state index in [-0.39, 0.29) is 28.7 Å². The first kappa shape index (κ1) is 33.0. The fourth-order valence-electron chi connectivity index (χ4n) is 5.21. The lowest BCUT2D eigenvalue weighted by atomic mass is 9.80. The molecule has 0 radical (unpaired) electrons. The number of aliphatic carboxylic acids is 3. The molecule has 1 aliphatic carbocycles. The zero-order valence-electron chi connectivity index (χ0n) is 24.2. The first-order chi connectivity index (χ1) is 19.3. The SMILES string of the molecule is CC1(C)CC(O)CC(C)(C)N1O.O=C(O)CC(O)(CC(=O)O)C(=O)O.O=C1C=C(N2CC2)C(=O)C(N2CC2)=C1N1CC1. The summed E-state index contributed by atoms with van der Waals surface area (Å²) in [5.74, 6) is -4.97. The van der Waals surface area contributed by atoms with Crippen molar-refractivity contribution in [1.29, 1.82) is 0 Å². The van der Waals surface area contributed by atoms with Gasteiger partial charge in [-0.15, -0.1) is 0 Å². The number of carbonyl (C=O) groups excluding carboxylic acids is 2. The minimum atomic E-state index is -2.74. The highest BCUT2D eigenvalue weighted by atomic mass is 16.5. The maximum atomic E-state index is 12.4. The lowest BCUT2D eigenvalue weighted by molar-refractivity contribution is -0.257. The number of hydroxylamine groups is 2. The number of aliphatic hydroxyl groups is 2. The van der Waals surface area contributed by atoms with Gasteiger partial charge < -0.3 is 45.4 Å². The summed E-state index contributed by atoms with van der Waals surface area (Å²) >= 11 is 0. The standard InChI is InChI=1S/C12H13N3O2.C9H19NO2.C6H8O7/c16-9-7-8(13-1-2-13)12(17)11(15-5-6-15)10(9)14-3-4-14;1-8(2)5-7(11)6-9(3,4)10(8)12;7-3(8)1-6(13,5(11)12)2-4(9)10/h7H,1-6H2;7,11-12H,5-6H2,1-4H3;13H,1-2H2,(H,7,8)(H,9,10)(H,11,12). The van der Waals surface area contributed by atoms with Crippen molar-refractivity contribution in [2.75, 3.05) is 39.3 Å². The Kier molecular flexibility index (Phi) is 9.41. The van der Waals surface area contributed by atoms with Gasteiger partial charge in [0.25, 0.3) is 0 Å². The van der Waals surface area contributed by atoms with Gasteiger partial charge in [0.15, 0.2) is 5.60 Å². The van der Waals surface area contributed by atoms with Gasteiger partial charge in [-0.2, -0.15) is 5.06 Å². The topological polar surface area (TPSA) is 219 Å². The van der Waals surface area contributed by atoms with Crippen molar-refractivity contribution in [2.45, 2.75) is 76.2 Å². The first-order valence-electron chi connectivity index (χ1n) is 13.7. The molecule has 42 heavy (non-hydrogen) atoms. The molecule has 234 valence electrons. The zero-order valence-corrected chi connectivity index (χ0v) is 24.2. The van der Waals surface area contributed by atoms with Crippen LogP contribution < -0.4 is 0 Å². The highest BCUT2D eigenvalue weighted by molar-refractivity contribution is 6.22. The van der Waals surface area contributed by atoms with Crippen molar-refractivity contribution in [3.63, 3.8) is 0 Å². The number of carbonyl (C=O) groups is 5. The summed E-state index contributed by atoms with van der Waals surface area (Å²) in [6.45, 7) is 13.2. The normalized spacial score (nSPS) is 22.8. The average Bonchev–Trinajstić information content (AvgIpc) is 3.67. The minimum absolute atomic E-state index is 0.00546. The Hall–Kier alpha value is -3.53. The highest BCUT2D eigenvalue weighted by Gasteiger charge is 2.45. The number of hydrogen-bond acceptors (Lipinski definition) is 12. The van der Waals surface area contributed by atoms with Crippen LogP contribution >= 0.6 is 0 Å². The Labute approximate surface area is 242 Å². The van der Waals surface area contributed by atoms with Gasteiger partial charge in [0.1, 0.15) is 11.4 Å². The van der Waals surface area contributed by atoms with E-state index < -0.39 is 36.4 Å². The first-order valence-corrected chi connectivity index (χ1v) is 13.7. The Balaban J connectivity index is 0.000000178. The van der Waals surface area contributed by atoms with Crippen LogP contribution in [0.25, 0.3) is 0 Å². The minimum Gasteiger partial charge on any atom is -0.481 e. The van der Waals surface area contributed by atoms with E-state index >= 15 is 0 Å². The molecule has 4 fully saturated rings. The summed E-state index contributed by atoms with van der Waals surface area (Å²) in [7, 11) is 0. The van der Waals surface area contributed by atoms with Crippen molar-refractivity contribution in [3.8, 4) is 0 Å². The van der Waals surface area contributed by atoms with E-state index in [1.54, 1.807) is 0 Å². The number of hydrogen-bond donors (Lipinski definition) is 6. The lowest BCUT2D eigenvalue weighted by Gasteiger charge is -2.50. The van der Waals surface area contributed by atoms with E-state index in [2.05, 4.69) is 0 Å². The van der Waals surface area contributed by atoms with E-state index in [9.17, 15) is 34.3 Å². The fraction of sp³-hybridized carbons (Fsp3) is 0.667. The van der Waals surface area contributed by atoms with Gasteiger partial charge in [0.05, 0.1) is 24.6 Å². The molecule has 6 N–H and O–H groups in total. The maximum absolute atomic E-state index is 12.4. The van der Waals surface area contributed by atoms with E-state index in [1.807, 2.05) is 42.4 Å². The van der Waals surface area contributed by atoms with Gasteiger partial charge in [-0.25, -0.2) is 4.79 Å². The molecule has 5 rings (SSSR count). The Morgan fingerprint density at radius 1 is 0.810 bits per heavy atom. The highest BCUT2D eigenvalue weighted by Crippen LogP contribution is 2.36. The van der Waals surface area contributed by atoms with Crippen LogP contribution in [0, 0.1) is 0 Å². The molecule has 0 aromatic carbocycles. The third kappa shape index (κ3) is 8.06. The van der Waals surface area contributed by atoms with Gasteiger partial charge in [-0.1, -0.05) is 0 Å². The fourth-order valence-corrected chi connectivity index (χ4v) is 5.21. The van der Waals surface area contributed by atoms with E-state index in [1.165, 1.54) is 11.1 Å². The van der Waals surface area contributed by atoms with Crippen molar-refractivity contribution in [2.24, 2.45) is 0 Å². The largest absolute Gasteiger partial charge is 0.481 e. The van der Waals surface area contributed by atoms with Crippen LogP contribution in [0.4, 0.5) is 0 Å². The third-order valence-electron chi connectivity index (χ3n) is 7.39. The molecule has 4 heterocycles. The summed E-state index contributed by atoms with van der Waals surface area (Å²) in [6, 6.07) is 0. The van der Waals surface area contributed by atoms with Crippen LogP contribution in [0.1, 0.15) is 53.4 Å². The molecular weight excluding hydrogens is 556 g/mol. The van der Waals surface area contributed by atoms with Crippen molar-refractivity contribution in [1.82, 2.24) is 19.8 Å². The van der Waals surface area contributed by atoms with E-state index in [0.29, 0.717) is 29.9 Å². The summed E-state index contributed by atoms with van der Waals surface area (Å²) in [4.78, 5) is 61.0. The van der Waals surface area contributed by atoms with Gasteiger partial charge >= 0.3 is 17.9 Å². The molecule has 5 aliphatic rings. The number of nitrogens with zero attached hydrogens (tertiary/aromatic N) is 4. The molecule has 0 atom stereocenters. The smallest absolute Gasteiger partial charge is 0.336 e. The molecule has 0 aromatic heterocycles. The van der Waals surface area contributed by atoms with Crippen LogP contribution in [0.15, 0.2) is 23.2 Å². The number of carboxylic acid groups (broad SMARTS) is 3. The number of piperidine rings is 1. The molecule has 0 spiro atoms. The van der Waals surface area contributed by atoms with Crippen molar-refractivity contribution >= 4 is 29.5 Å². The van der Waals surface area contributed by atoms with Crippen molar-refractivity contribution in [3.05, 3.63) is 23.2 Å². The number of aliphatic hydroxyl groups excluding tert-OH is 1. The Morgan fingerprint density at radius 3 is 1.57 bits per heavy atom. The van der Waals surface area contributed by atoms with Crippen LogP contribution in [0.3, 0.4) is 0 Å². The number of carboxylic acids is 3. The second-order valence-electron chi connectivity index (χ2n) is 12.4. The summed E-state index contributed by atoms with van der Waals surface area (Å²) in [6.07, 6.45) is 0.206. The van der Waals surface area contributed by atoms with Crippen molar-refractivity contribution < 1.29 is 54.7 Å².